The molecule has 0 spiro atoms. The van der Waals surface area contributed by atoms with Gasteiger partial charge in [-0.1, -0.05) is 66.7 Å². The number of anilines is 1. The molecule has 0 radical (unpaired) electrons. The van der Waals surface area contributed by atoms with Crippen LogP contribution in [0, 0.1) is 0 Å². The Labute approximate surface area is 170 Å². The first kappa shape index (κ1) is 20.1. The number of benzene rings is 3. The van der Waals surface area contributed by atoms with Crippen LogP contribution in [0.25, 0.3) is 0 Å². The zero-order chi connectivity index (χ0) is 20.5. The summed E-state index contributed by atoms with van der Waals surface area (Å²) in [6, 6.07) is 24.8. The summed E-state index contributed by atoms with van der Waals surface area (Å²) in [7, 11) is 1.55. The minimum Gasteiger partial charge on any atom is -0.496 e. The van der Waals surface area contributed by atoms with Crippen molar-refractivity contribution in [2.75, 3.05) is 19.0 Å². The Hall–Kier alpha value is -3.60. The Morgan fingerprint density at radius 1 is 0.828 bits per heavy atom. The molecule has 0 unspecified atom stereocenters. The Morgan fingerprint density at radius 3 is 2.24 bits per heavy atom. The Balaban J connectivity index is 1.55. The Morgan fingerprint density at radius 2 is 1.48 bits per heavy atom. The minimum atomic E-state index is -0.484. The van der Waals surface area contributed by atoms with E-state index in [2.05, 4.69) is 5.32 Å². The molecule has 148 valence electrons. The van der Waals surface area contributed by atoms with Gasteiger partial charge in [-0.3, -0.25) is 9.59 Å². The van der Waals surface area contributed by atoms with Crippen molar-refractivity contribution in [2.45, 2.75) is 12.8 Å². The van der Waals surface area contributed by atoms with Crippen molar-refractivity contribution in [1.29, 1.82) is 0 Å². The van der Waals surface area contributed by atoms with Crippen LogP contribution in [0.15, 0.2) is 78.9 Å². The second-order valence-corrected chi connectivity index (χ2v) is 6.52. The van der Waals surface area contributed by atoms with Gasteiger partial charge in [0.2, 0.25) is 0 Å². The molecule has 0 aliphatic carbocycles. The zero-order valence-electron chi connectivity index (χ0n) is 16.3. The van der Waals surface area contributed by atoms with E-state index in [1.165, 1.54) is 0 Å². The van der Waals surface area contributed by atoms with E-state index in [9.17, 15) is 9.59 Å². The topological polar surface area (TPSA) is 64.6 Å². The third kappa shape index (κ3) is 5.94. The first-order valence-corrected chi connectivity index (χ1v) is 9.35. The first-order valence-electron chi connectivity index (χ1n) is 9.35. The van der Waals surface area contributed by atoms with Crippen LogP contribution in [0.2, 0.25) is 0 Å². The molecule has 0 saturated heterocycles. The number of rotatable bonds is 8. The fourth-order valence-corrected chi connectivity index (χ4v) is 3.00. The number of ether oxygens (including phenoxy) is 2. The van der Waals surface area contributed by atoms with Crippen molar-refractivity contribution >= 4 is 17.6 Å². The normalized spacial score (nSPS) is 10.2. The van der Waals surface area contributed by atoms with E-state index in [0.717, 1.165) is 11.1 Å². The maximum atomic E-state index is 12.3. The van der Waals surface area contributed by atoms with E-state index >= 15 is 0 Å². The summed E-state index contributed by atoms with van der Waals surface area (Å²) in [5.74, 6) is -0.246. The zero-order valence-corrected chi connectivity index (χ0v) is 16.3. The van der Waals surface area contributed by atoms with E-state index in [1.807, 2.05) is 66.7 Å². The summed E-state index contributed by atoms with van der Waals surface area (Å²) < 4.78 is 10.4. The van der Waals surface area contributed by atoms with E-state index < -0.39 is 5.97 Å². The lowest BCUT2D eigenvalue weighted by molar-refractivity contribution is -0.146. The molecule has 0 saturated carbocycles. The van der Waals surface area contributed by atoms with Crippen molar-refractivity contribution < 1.29 is 19.1 Å². The van der Waals surface area contributed by atoms with Crippen LogP contribution in [0.5, 0.6) is 5.75 Å². The highest BCUT2D eigenvalue weighted by Crippen LogP contribution is 2.20. The molecule has 5 heteroatoms. The van der Waals surface area contributed by atoms with E-state index in [1.54, 1.807) is 19.2 Å². The molecule has 3 rings (SSSR count). The number of methoxy groups -OCH3 is 1. The highest BCUT2D eigenvalue weighted by Gasteiger charge is 2.13. The van der Waals surface area contributed by atoms with Crippen LogP contribution in [0.4, 0.5) is 5.69 Å². The van der Waals surface area contributed by atoms with Gasteiger partial charge in [0, 0.05) is 11.3 Å². The molecular weight excluding hydrogens is 366 g/mol. The molecule has 3 aromatic carbocycles. The van der Waals surface area contributed by atoms with Crippen molar-refractivity contribution in [2.24, 2.45) is 0 Å². The molecule has 0 aliphatic heterocycles. The number of carbonyl (C=O) groups excluding carboxylic acids is 2. The molecule has 1 N–H and O–H groups in total. The molecule has 0 aliphatic rings. The van der Waals surface area contributed by atoms with Gasteiger partial charge in [-0.05, 0) is 29.7 Å². The monoisotopic (exact) mass is 389 g/mol. The van der Waals surface area contributed by atoms with Gasteiger partial charge in [0.15, 0.2) is 6.61 Å². The van der Waals surface area contributed by atoms with Crippen LogP contribution in [0.3, 0.4) is 0 Å². The highest BCUT2D eigenvalue weighted by atomic mass is 16.5. The summed E-state index contributed by atoms with van der Waals surface area (Å²) in [6.07, 6.45) is 0.743. The number of para-hydroxylation sites is 2. The average molecular weight is 389 g/mol. The lowest BCUT2D eigenvalue weighted by Crippen LogP contribution is -2.22. The van der Waals surface area contributed by atoms with Gasteiger partial charge in [-0.2, -0.15) is 0 Å². The standard InChI is InChI=1S/C24H23NO4/c1-28-22-14-8-6-12-20(22)16-24(27)29-17-23(26)25-21-13-7-5-11-19(21)15-18-9-3-2-4-10-18/h2-14H,15-17H2,1H3,(H,25,26). The molecule has 3 aromatic rings. The fraction of sp³-hybridized carbons (Fsp3) is 0.167. The number of hydrogen-bond donors (Lipinski definition) is 1. The number of amides is 1. The van der Waals surface area contributed by atoms with Crippen molar-refractivity contribution in [3.63, 3.8) is 0 Å². The first-order chi connectivity index (χ1) is 14.2. The maximum absolute atomic E-state index is 12.3. The molecule has 5 nitrogen and oxygen atoms in total. The highest BCUT2D eigenvalue weighted by molar-refractivity contribution is 5.93. The van der Waals surface area contributed by atoms with Crippen LogP contribution >= 0.6 is 0 Å². The molecule has 0 atom stereocenters. The number of nitrogens with one attached hydrogen (secondary N) is 1. The Kier molecular flexibility index (Phi) is 7.00. The number of esters is 1. The van der Waals surface area contributed by atoms with Crippen LogP contribution in [-0.2, 0) is 27.2 Å². The van der Waals surface area contributed by atoms with Crippen LogP contribution in [0.1, 0.15) is 16.7 Å². The summed E-state index contributed by atoms with van der Waals surface area (Å²) in [4.78, 5) is 24.4. The summed E-state index contributed by atoms with van der Waals surface area (Å²) in [5.41, 5.74) is 3.57. The maximum Gasteiger partial charge on any atom is 0.310 e. The van der Waals surface area contributed by atoms with Gasteiger partial charge >= 0.3 is 5.97 Å². The van der Waals surface area contributed by atoms with Gasteiger partial charge in [-0.15, -0.1) is 0 Å². The van der Waals surface area contributed by atoms with Gasteiger partial charge in [0.25, 0.3) is 5.91 Å². The second kappa shape index (κ2) is 10.1. The molecule has 29 heavy (non-hydrogen) atoms. The van der Waals surface area contributed by atoms with Gasteiger partial charge in [-0.25, -0.2) is 0 Å². The quantitative estimate of drug-likeness (QED) is 0.591. The lowest BCUT2D eigenvalue weighted by Gasteiger charge is -2.12. The van der Waals surface area contributed by atoms with E-state index in [-0.39, 0.29) is 18.9 Å². The second-order valence-electron chi connectivity index (χ2n) is 6.52. The summed E-state index contributed by atoms with van der Waals surface area (Å²) in [5, 5.41) is 2.83. The van der Waals surface area contributed by atoms with Gasteiger partial charge < -0.3 is 14.8 Å². The number of carbonyl (C=O) groups is 2. The van der Waals surface area contributed by atoms with Gasteiger partial charge in [0.05, 0.1) is 13.5 Å². The van der Waals surface area contributed by atoms with Gasteiger partial charge in [0.1, 0.15) is 5.75 Å². The van der Waals surface area contributed by atoms with Crippen LogP contribution in [-0.4, -0.2) is 25.6 Å². The Bertz CT molecular complexity index is 969. The molecule has 0 aromatic heterocycles. The fourth-order valence-electron chi connectivity index (χ4n) is 3.00. The molecular formula is C24H23NO4. The summed E-state index contributed by atoms with van der Waals surface area (Å²) in [6.45, 7) is -0.340. The van der Waals surface area contributed by atoms with Crippen molar-refractivity contribution in [3.8, 4) is 5.75 Å². The third-order valence-electron chi connectivity index (χ3n) is 4.42. The number of hydrogen-bond acceptors (Lipinski definition) is 4. The van der Waals surface area contributed by atoms with Crippen LogP contribution < -0.4 is 10.1 Å². The average Bonchev–Trinajstić information content (AvgIpc) is 2.75. The predicted molar refractivity (Wildman–Crippen MR) is 112 cm³/mol. The molecule has 0 bridgehead atoms. The molecule has 1 amide bonds. The molecule has 0 fully saturated rings. The van der Waals surface area contributed by atoms with Crippen molar-refractivity contribution in [3.05, 3.63) is 95.6 Å². The van der Waals surface area contributed by atoms with E-state index in [0.29, 0.717) is 23.4 Å². The minimum absolute atomic E-state index is 0.0435. The summed E-state index contributed by atoms with van der Waals surface area (Å²) >= 11 is 0. The smallest absolute Gasteiger partial charge is 0.310 e. The lowest BCUT2D eigenvalue weighted by atomic mass is 10.0. The van der Waals surface area contributed by atoms with Crippen molar-refractivity contribution in [1.82, 2.24) is 0 Å². The molecule has 0 heterocycles. The largest absolute Gasteiger partial charge is 0.496 e. The predicted octanol–water partition coefficient (Wildman–Crippen LogP) is 4.01. The third-order valence-corrected chi connectivity index (χ3v) is 4.42. The van der Waals surface area contributed by atoms with E-state index in [4.69, 9.17) is 9.47 Å². The SMILES string of the molecule is COc1ccccc1CC(=O)OCC(=O)Nc1ccccc1Cc1ccccc1.